The zero-order valence-corrected chi connectivity index (χ0v) is 40.7. The topological polar surface area (TPSA) is 61.8 Å². The van der Waals surface area contributed by atoms with E-state index in [4.69, 9.17) is 12.5 Å². The quantitative estimate of drug-likeness (QED) is 0.0291. The molecule has 0 amide bonds. The molecule has 1 saturated heterocycles. The van der Waals surface area contributed by atoms with E-state index in [1.165, 1.54) is 94.8 Å². The van der Waals surface area contributed by atoms with Gasteiger partial charge in [0.05, 0.1) is 0 Å². The fraction of sp³-hybridized carbons (Fsp3) is 0.953. The Bertz CT molecular complexity index is 825. The van der Waals surface area contributed by atoms with Gasteiger partial charge in [-0.2, -0.15) is 0 Å². The summed E-state index contributed by atoms with van der Waals surface area (Å²) >= 11 is -6.63. The zero-order chi connectivity index (χ0) is 37.2. The number of rotatable bonds is 32. The van der Waals surface area contributed by atoms with E-state index < -0.39 is 40.7 Å². The van der Waals surface area contributed by atoms with E-state index in [-0.39, 0.29) is 11.9 Å². The predicted molar refractivity (Wildman–Crippen MR) is 220 cm³/mol. The van der Waals surface area contributed by atoms with Gasteiger partial charge in [0.2, 0.25) is 0 Å². The Labute approximate surface area is 317 Å². The molecule has 0 spiro atoms. The Hall–Kier alpha value is 0.497. The number of hydrogen-bond donors (Lipinski definition) is 0. The summed E-state index contributed by atoms with van der Waals surface area (Å²) in [7, 11) is 0. The Balaban J connectivity index is 4.04. The van der Waals surface area contributed by atoms with Gasteiger partial charge in [-0.1, -0.05) is 0 Å². The molecule has 0 saturated carbocycles. The Morgan fingerprint density at radius 2 is 0.840 bits per heavy atom. The molecule has 1 rings (SSSR count). The molecule has 0 aliphatic carbocycles. The number of unbranched alkanes of at least 4 members (excludes halogenated alkanes) is 14. The van der Waals surface area contributed by atoms with E-state index in [0.29, 0.717) is 12.8 Å². The van der Waals surface area contributed by atoms with Crippen molar-refractivity contribution in [3.05, 3.63) is 0 Å². The summed E-state index contributed by atoms with van der Waals surface area (Å²) in [6.45, 7) is 18.4. The van der Waals surface area contributed by atoms with Crippen LogP contribution in [-0.2, 0) is 22.1 Å². The average Bonchev–Trinajstić information content (AvgIpc) is 3.11. The van der Waals surface area contributed by atoms with Crippen molar-refractivity contribution in [1.82, 2.24) is 0 Å². The van der Waals surface area contributed by atoms with Crippen molar-refractivity contribution < 1.29 is 22.1 Å². The van der Waals surface area contributed by atoms with Gasteiger partial charge in [0, 0.05) is 0 Å². The van der Waals surface area contributed by atoms with Gasteiger partial charge < -0.3 is 0 Å². The summed E-state index contributed by atoms with van der Waals surface area (Å²) in [5, 5.41) is 0. The van der Waals surface area contributed by atoms with Crippen molar-refractivity contribution in [2.24, 2.45) is 0 Å². The van der Waals surface area contributed by atoms with Gasteiger partial charge in [-0.3, -0.25) is 0 Å². The average molecular weight is 921 g/mol. The molecule has 1 aliphatic rings. The van der Waals surface area contributed by atoms with Gasteiger partial charge in [-0.15, -0.1) is 0 Å². The second kappa shape index (κ2) is 28.0. The third-order valence-electron chi connectivity index (χ3n) is 11.9. The second-order valence-electron chi connectivity index (χ2n) is 16.2. The van der Waals surface area contributed by atoms with Gasteiger partial charge in [0.25, 0.3) is 0 Å². The molecule has 0 aromatic heterocycles. The van der Waals surface area contributed by atoms with E-state index >= 15 is 0 Å². The van der Waals surface area contributed by atoms with Gasteiger partial charge in [0.15, 0.2) is 0 Å². The standard InChI is InChI=1S/C27H50O5.4C4H9.2Sn/c1-6-10-14-16-18-20-24(28)31-26(5,27(30,22-12-8-3)23-13-9-4)32-25(29)21-19-17-15-11-7-2;4*1-3-4-2;;/h5-23H2,1-4H3;4*1,3-4H2,2H3;;/q-1;;;;;;+1. The Morgan fingerprint density at radius 3 is 1.22 bits per heavy atom. The molecule has 0 aromatic rings. The summed E-state index contributed by atoms with van der Waals surface area (Å²) in [6, 6.07) is 0. The molecule has 0 atom stereocenters. The molecule has 0 N–H and O–H groups in total. The van der Waals surface area contributed by atoms with Crippen LogP contribution in [0.4, 0.5) is 0 Å². The molecule has 0 bridgehead atoms. The summed E-state index contributed by atoms with van der Waals surface area (Å²) in [5.41, 5.74) is -0.717. The molecule has 1 heterocycles. The van der Waals surface area contributed by atoms with Crippen molar-refractivity contribution in [3.8, 4) is 0 Å². The third-order valence-corrected chi connectivity index (χ3v) is 98.5. The van der Waals surface area contributed by atoms with Crippen molar-refractivity contribution in [1.29, 1.82) is 0 Å². The number of hydrogen-bond acceptors (Lipinski definition) is 5. The maximum atomic E-state index is 14.2. The van der Waals surface area contributed by atoms with Gasteiger partial charge in [-0.05, 0) is 0 Å². The number of esters is 2. The summed E-state index contributed by atoms with van der Waals surface area (Å²) in [5.74, 6) is -1.59. The second-order valence-corrected chi connectivity index (χ2v) is 74.2. The van der Waals surface area contributed by atoms with Crippen LogP contribution in [0.3, 0.4) is 0 Å². The van der Waals surface area contributed by atoms with Crippen LogP contribution < -0.4 is 0 Å². The van der Waals surface area contributed by atoms with Gasteiger partial charge >= 0.3 is 319 Å². The van der Waals surface area contributed by atoms with Crippen LogP contribution in [0.1, 0.15) is 222 Å². The van der Waals surface area contributed by atoms with E-state index in [2.05, 4.69) is 55.4 Å². The van der Waals surface area contributed by atoms with E-state index in [1.807, 2.05) is 0 Å². The van der Waals surface area contributed by atoms with Crippen LogP contribution in [0.25, 0.3) is 0 Å². The molecular formula is C43H86O5Sn2. The van der Waals surface area contributed by atoms with Crippen LogP contribution in [0.5, 0.6) is 0 Å². The van der Waals surface area contributed by atoms with E-state index in [9.17, 15) is 9.59 Å². The number of carbonyl (C=O) groups excluding carboxylic acids is 2. The zero-order valence-electron chi connectivity index (χ0n) is 35.0. The Kier molecular flexibility index (Phi) is 27.2. The third kappa shape index (κ3) is 15.3. The minimum atomic E-state index is -3.35. The van der Waals surface area contributed by atoms with Crippen LogP contribution in [0, 0.1) is 0 Å². The maximum absolute atomic E-state index is 14.2. The SMILES string of the molecule is CCCCCCCC(=O)OC1(OC(=O)CCCCCCC)[CH2][Sn]([CH2]CCC)([CH2]CCC)[Sn]([CH2]CCC)([CH2]CCC)[O]C1(CCCC)CCCC. The van der Waals surface area contributed by atoms with Crippen LogP contribution in [0.15, 0.2) is 0 Å². The Morgan fingerprint density at radius 1 is 0.480 bits per heavy atom. The fourth-order valence-corrected chi connectivity index (χ4v) is 107. The van der Waals surface area contributed by atoms with Gasteiger partial charge in [0.1, 0.15) is 0 Å². The van der Waals surface area contributed by atoms with Gasteiger partial charge in [-0.25, -0.2) is 0 Å². The van der Waals surface area contributed by atoms with E-state index in [1.54, 1.807) is 0 Å². The van der Waals surface area contributed by atoms with E-state index in [0.717, 1.165) is 81.5 Å². The molecule has 296 valence electrons. The summed E-state index contributed by atoms with van der Waals surface area (Å²) in [4.78, 5) is 28.4. The number of carbonyl (C=O) groups is 2. The molecule has 0 radical (unpaired) electrons. The van der Waals surface area contributed by atoms with Crippen molar-refractivity contribution in [2.45, 2.75) is 256 Å². The molecular weight excluding hydrogens is 834 g/mol. The predicted octanol–water partition coefficient (Wildman–Crippen LogP) is 14.3. The molecule has 1 fully saturated rings. The first-order chi connectivity index (χ1) is 24.2. The van der Waals surface area contributed by atoms with Crippen LogP contribution >= 0.6 is 0 Å². The monoisotopic (exact) mass is 922 g/mol. The first kappa shape index (κ1) is 48.5. The molecule has 50 heavy (non-hydrogen) atoms. The van der Waals surface area contributed by atoms with Crippen LogP contribution in [-0.4, -0.2) is 52.6 Å². The summed E-state index contributed by atoms with van der Waals surface area (Å²) in [6.07, 6.45) is 27.2. The van der Waals surface area contributed by atoms with Crippen molar-refractivity contribution >= 4 is 41.2 Å². The molecule has 0 aromatic carbocycles. The normalized spacial score (nSPS) is 17.4. The molecule has 0 unspecified atom stereocenters. The molecule has 7 heteroatoms. The summed E-state index contributed by atoms with van der Waals surface area (Å²) < 4.78 is 28.5. The van der Waals surface area contributed by atoms with Crippen molar-refractivity contribution in [2.75, 3.05) is 0 Å². The first-order valence-electron chi connectivity index (χ1n) is 22.3. The van der Waals surface area contributed by atoms with Crippen molar-refractivity contribution in [3.63, 3.8) is 0 Å². The fourth-order valence-electron chi connectivity index (χ4n) is 8.82. The molecule has 5 nitrogen and oxygen atoms in total. The first-order valence-corrected chi connectivity index (χ1v) is 44.6. The minimum absolute atomic E-state index is 0.158. The molecule has 1 aliphatic heterocycles. The number of ether oxygens (including phenoxy) is 2. The van der Waals surface area contributed by atoms with Crippen LogP contribution in [0.2, 0.25) is 22.2 Å².